The maximum absolute atomic E-state index is 12.6. The van der Waals surface area contributed by atoms with E-state index >= 15 is 0 Å². The van der Waals surface area contributed by atoms with E-state index in [1.54, 1.807) is 44.2 Å². The van der Waals surface area contributed by atoms with Gasteiger partial charge in [0, 0.05) is 11.6 Å². The minimum atomic E-state index is -3.17. The number of fused-ring (bicyclic) bond motifs is 1. The zero-order chi connectivity index (χ0) is 19.4. The van der Waals surface area contributed by atoms with Crippen LogP contribution in [-0.2, 0) is 19.8 Å². The van der Waals surface area contributed by atoms with Crippen molar-refractivity contribution < 1.29 is 23.1 Å². The molecule has 0 aliphatic heterocycles. The van der Waals surface area contributed by atoms with Crippen LogP contribution in [0.5, 0.6) is 5.75 Å². The van der Waals surface area contributed by atoms with E-state index in [1.807, 2.05) is 0 Å². The fourth-order valence-corrected chi connectivity index (χ4v) is 4.51. The second kappa shape index (κ2) is 8.09. The van der Waals surface area contributed by atoms with Crippen molar-refractivity contribution in [3.63, 3.8) is 0 Å². The third-order valence-corrected chi connectivity index (χ3v) is 6.03. The summed E-state index contributed by atoms with van der Waals surface area (Å²) in [7, 11) is -3.17. The minimum absolute atomic E-state index is 0.0138. The first-order valence-electron chi connectivity index (χ1n) is 8.68. The molecule has 142 valence electrons. The van der Waals surface area contributed by atoms with Crippen LogP contribution in [-0.4, -0.2) is 18.3 Å². The Balaban J connectivity index is 1.89. The van der Waals surface area contributed by atoms with E-state index in [4.69, 9.17) is 13.5 Å². The molecule has 1 heterocycles. The summed E-state index contributed by atoms with van der Waals surface area (Å²) >= 11 is 0. The first kappa shape index (κ1) is 19.4. The molecule has 0 fully saturated rings. The third-order valence-electron chi connectivity index (χ3n) is 3.98. The van der Waals surface area contributed by atoms with Gasteiger partial charge in [-0.3, -0.25) is 9.36 Å². The van der Waals surface area contributed by atoms with Crippen molar-refractivity contribution in [2.75, 3.05) is 13.2 Å². The Labute approximate surface area is 156 Å². The maximum Gasteiger partial charge on any atom is 0.335 e. The Kier molecular flexibility index (Phi) is 5.80. The van der Waals surface area contributed by atoms with Crippen LogP contribution in [0.4, 0.5) is 0 Å². The predicted molar refractivity (Wildman–Crippen MR) is 104 cm³/mol. The smallest absolute Gasteiger partial charge is 0.335 e. The molecule has 0 radical (unpaired) electrons. The van der Waals surface area contributed by atoms with E-state index in [0.717, 1.165) is 5.56 Å². The molecule has 1 aromatic heterocycles. The van der Waals surface area contributed by atoms with Gasteiger partial charge in [0.2, 0.25) is 0 Å². The van der Waals surface area contributed by atoms with Gasteiger partial charge in [-0.2, -0.15) is 0 Å². The standard InChI is InChI=1S/C20H21O6P/c1-3-24-27(23,25-4-2)13-14-5-7-15(8-6-14)20-12-18(22)17-11-16(21)9-10-19(17)26-20/h5-12,21H,3-4,13H2,1-2H3. The van der Waals surface area contributed by atoms with Crippen LogP contribution < -0.4 is 5.43 Å². The van der Waals surface area contributed by atoms with Gasteiger partial charge >= 0.3 is 7.60 Å². The highest BCUT2D eigenvalue weighted by molar-refractivity contribution is 7.53. The Morgan fingerprint density at radius 1 is 1.00 bits per heavy atom. The van der Waals surface area contributed by atoms with Gasteiger partial charge in [0.15, 0.2) is 5.43 Å². The van der Waals surface area contributed by atoms with Crippen LogP contribution in [0.15, 0.2) is 57.7 Å². The average Bonchev–Trinajstić information content (AvgIpc) is 2.63. The molecule has 0 atom stereocenters. The van der Waals surface area contributed by atoms with Crippen LogP contribution in [0.25, 0.3) is 22.3 Å². The number of hydrogen-bond acceptors (Lipinski definition) is 6. The summed E-state index contributed by atoms with van der Waals surface area (Å²) in [5, 5.41) is 9.84. The fourth-order valence-electron chi connectivity index (χ4n) is 2.81. The molecule has 0 saturated carbocycles. The van der Waals surface area contributed by atoms with Crippen molar-refractivity contribution >= 4 is 18.6 Å². The molecule has 3 aromatic rings. The highest BCUT2D eigenvalue weighted by Crippen LogP contribution is 2.51. The minimum Gasteiger partial charge on any atom is -0.508 e. The first-order valence-corrected chi connectivity index (χ1v) is 10.4. The lowest BCUT2D eigenvalue weighted by Crippen LogP contribution is -2.00. The molecule has 0 amide bonds. The topological polar surface area (TPSA) is 86.0 Å². The summed E-state index contributed by atoms with van der Waals surface area (Å²) in [6.45, 7) is 4.17. The monoisotopic (exact) mass is 388 g/mol. The highest BCUT2D eigenvalue weighted by atomic mass is 31.2. The van der Waals surface area contributed by atoms with Gasteiger partial charge in [-0.1, -0.05) is 24.3 Å². The van der Waals surface area contributed by atoms with Crippen molar-refractivity contribution in [3.8, 4) is 17.1 Å². The first-order chi connectivity index (χ1) is 12.9. The van der Waals surface area contributed by atoms with Gasteiger partial charge < -0.3 is 18.6 Å². The molecular formula is C20H21O6P. The van der Waals surface area contributed by atoms with Crippen LogP contribution in [0.2, 0.25) is 0 Å². The lowest BCUT2D eigenvalue weighted by atomic mass is 10.1. The van der Waals surface area contributed by atoms with E-state index in [1.165, 1.54) is 18.2 Å². The number of benzene rings is 2. The zero-order valence-corrected chi connectivity index (χ0v) is 16.1. The van der Waals surface area contributed by atoms with E-state index in [2.05, 4.69) is 0 Å². The Bertz CT molecular complexity index is 1030. The molecule has 2 aromatic carbocycles. The molecule has 27 heavy (non-hydrogen) atoms. The van der Waals surface area contributed by atoms with Gasteiger partial charge in [-0.05, 0) is 37.6 Å². The molecule has 0 unspecified atom stereocenters. The largest absolute Gasteiger partial charge is 0.508 e. The van der Waals surface area contributed by atoms with E-state index in [0.29, 0.717) is 35.5 Å². The Hall–Kier alpha value is -2.40. The predicted octanol–water partition coefficient (Wildman–Crippen LogP) is 4.93. The third kappa shape index (κ3) is 4.48. The number of rotatable bonds is 7. The second-order valence-electron chi connectivity index (χ2n) is 5.96. The van der Waals surface area contributed by atoms with E-state index in [-0.39, 0.29) is 17.3 Å². The molecule has 0 aliphatic carbocycles. The number of phenolic OH excluding ortho intramolecular Hbond substituents is 1. The number of aromatic hydroxyl groups is 1. The van der Waals surface area contributed by atoms with Crippen molar-refractivity contribution in [1.29, 1.82) is 0 Å². The maximum atomic E-state index is 12.6. The van der Waals surface area contributed by atoms with E-state index in [9.17, 15) is 14.5 Å². The average molecular weight is 388 g/mol. The zero-order valence-electron chi connectivity index (χ0n) is 15.2. The molecule has 1 N–H and O–H groups in total. The number of hydrogen-bond donors (Lipinski definition) is 1. The summed E-state index contributed by atoms with van der Waals surface area (Å²) in [6.07, 6.45) is 0.176. The van der Waals surface area contributed by atoms with Gasteiger partial charge in [0.1, 0.15) is 17.1 Å². The Morgan fingerprint density at radius 3 is 2.30 bits per heavy atom. The normalized spacial score (nSPS) is 11.8. The van der Waals surface area contributed by atoms with Crippen LogP contribution in [0.1, 0.15) is 19.4 Å². The highest BCUT2D eigenvalue weighted by Gasteiger charge is 2.24. The molecule has 0 spiro atoms. The molecular weight excluding hydrogens is 367 g/mol. The van der Waals surface area contributed by atoms with E-state index < -0.39 is 7.60 Å². The van der Waals surface area contributed by atoms with Crippen molar-refractivity contribution in [2.45, 2.75) is 20.0 Å². The van der Waals surface area contributed by atoms with Gasteiger partial charge in [0.05, 0.1) is 24.8 Å². The summed E-state index contributed by atoms with van der Waals surface area (Å²) < 4.78 is 29.0. The van der Waals surface area contributed by atoms with Crippen molar-refractivity contribution in [1.82, 2.24) is 0 Å². The van der Waals surface area contributed by atoms with Crippen LogP contribution in [0, 0.1) is 0 Å². The molecule has 3 rings (SSSR count). The molecule has 0 saturated heterocycles. The molecule has 0 bridgehead atoms. The quantitative estimate of drug-likeness (QED) is 0.578. The lowest BCUT2D eigenvalue weighted by molar-refractivity contribution is 0.219. The summed E-state index contributed by atoms with van der Waals surface area (Å²) in [6, 6.07) is 13.0. The fraction of sp³-hybridized carbons (Fsp3) is 0.250. The summed E-state index contributed by atoms with van der Waals surface area (Å²) in [5.41, 5.74) is 1.69. The Morgan fingerprint density at radius 2 is 1.67 bits per heavy atom. The molecule has 0 aliphatic rings. The summed E-state index contributed by atoms with van der Waals surface area (Å²) in [4.78, 5) is 12.3. The molecule has 7 heteroatoms. The van der Waals surface area contributed by atoms with Gasteiger partial charge in [-0.25, -0.2) is 0 Å². The summed E-state index contributed by atoms with van der Waals surface area (Å²) in [5.74, 6) is 0.433. The van der Waals surface area contributed by atoms with Gasteiger partial charge in [0.25, 0.3) is 0 Å². The lowest BCUT2D eigenvalue weighted by Gasteiger charge is -2.17. The van der Waals surface area contributed by atoms with Crippen LogP contribution >= 0.6 is 7.60 Å². The number of phenols is 1. The molecule has 6 nitrogen and oxygen atoms in total. The van der Waals surface area contributed by atoms with Crippen LogP contribution in [0.3, 0.4) is 0 Å². The second-order valence-corrected chi connectivity index (χ2v) is 8.01. The SMILES string of the molecule is CCOP(=O)(Cc1ccc(-c2cc(=O)c3cc(O)ccc3o2)cc1)OCC. The van der Waals surface area contributed by atoms with Gasteiger partial charge in [-0.15, -0.1) is 0 Å². The van der Waals surface area contributed by atoms with Crippen molar-refractivity contribution in [3.05, 3.63) is 64.3 Å². The van der Waals surface area contributed by atoms with Crippen molar-refractivity contribution in [2.24, 2.45) is 0 Å².